The molecule has 17 heavy (non-hydrogen) atoms. The first kappa shape index (κ1) is 10.5. The number of halogens is 1. The molecule has 2 aromatic rings. The van der Waals surface area contributed by atoms with Gasteiger partial charge in [0.15, 0.2) is 0 Å². The van der Waals surface area contributed by atoms with Gasteiger partial charge in [-0.3, -0.25) is 0 Å². The lowest BCUT2D eigenvalue weighted by atomic mass is 10.1. The van der Waals surface area contributed by atoms with E-state index in [0.29, 0.717) is 5.56 Å². The molecule has 3 nitrogen and oxygen atoms in total. The van der Waals surface area contributed by atoms with Crippen molar-refractivity contribution in [3.8, 4) is 11.3 Å². The summed E-state index contributed by atoms with van der Waals surface area (Å²) in [6, 6.07) is 5.19. The molecule has 0 unspecified atom stereocenters. The molecule has 1 aliphatic heterocycles. The van der Waals surface area contributed by atoms with Crippen LogP contribution < -0.4 is 5.32 Å². The Balaban J connectivity index is 2.15. The smallest absolute Gasteiger partial charge is 0.126 e. The Labute approximate surface area is 99.3 Å². The molecule has 0 aliphatic carbocycles. The molecule has 0 saturated carbocycles. The van der Waals surface area contributed by atoms with E-state index in [1.807, 2.05) is 19.2 Å². The van der Waals surface area contributed by atoms with Crippen LogP contribution in [0.15, 0.2) is 24.4 Å². The average Bonchev–Trinajstić information content (AvgIpc) is 2.77. The largest absolute Gasteiger partial charge is 0.326 e. The van der Waals surface area contributed by atoms with Gasteiger partial charge in [0.1, 0.15) is 11.6 Å². The molecule has 3 rings (SSSR count). The van der Waals surface area contributed by atoms with Crippen LogP contribution in [0.3, 0.4) is 0 Å². The Kier molecular flexibility index (Phi) is 2.44. The number of nitrogens with zero attached hydrogens (tertiary/aromatic N) is 2. The van der Waals surface area contributed by atoms with Crippen LogP contribution in [0, 0.1) is 12.7 Å². The second kappa shape index (κ2) is 3.96. The van der Waals surface area contributed by atoms with E-state index in [1.54, 1.807) is 6.07 Å². The van der Waals surface area contributed by atoms with Crippen LogP contribution in [0.1, 0.15) is 11.4 Å². The Morgan fingerprint density at radius 2 is 2.29 bits per heavy atom. The van der Waals surface area contributed by atoms with Crippen LogP contribution >= 0.6 is 0 Å². The maximum Gasteiger partial charge on any atom is 0.126 e. The van der Waals surface area contributed by atoms with Crippen LogP contribution in [0.2, 0.25) is 0 Å². The first-order valence-electron chi connectivity index (χ1n) is 5.78. The summed E-state index contributed by atoms with van der Waals surface area (Å²) in [6.07, 6.45) is 1.84. The zero-order valence-electron chi connectivity index (χ0n) is 9.70. The molecule has 0 saturated heterocycles. The lowest BCUT2D eigenvalue weighted by Crippen LogP contribution is -2.28. The van der Waals surface area contributed by atoms with Crippen LogP contribution in [-0.4, -0.2) is 16.1 Å². The first-order valence-corrected chi connectivity index (χ1v) is 5.78. The fourth-order valence-electron chi connectivity index (χ4n) is 2.30. The van der Waals surface area contributed by atoms with Crippen LogP contribution in [0.4, 0.5) is 4.39 Å². The van der Waals surface area contributed by atoms with Crippen molar-refractivity contribution in [2.75, 3.05) is 6.54 Å². The van der Waals surface area contributed by atoms with Gasteiger partial charge in [-0.05, 0) is 18.6 Å². The second-order valence-corrected chi connectivity index (χ2v) is 4.30. The van der Waals surface area contributed by atoms with Crippen LogP contribution in [0.25, 0.3) is 11.3 Å². The minimum absolute atomic E-state index is 0.160. The van der Waals surface area contributed by atoms with E-state index in [2.05, 4.69) is 14.9 Å². The predicted octanol–water partition coefficient (Wildman–Crippen LogP) is 2.10. The summed E-state index contributed by atoms with van der Waals surface area (Å²) < 4.78 is 15.7. The molecule has 0 amide bonds. The SMILES string of the molecule is Cc1c(F)cccc1-c1cnc2n1CCNC2. The minimum Gasteiger partial charge on any atom is -0.326 e. The van der Waals surface area contributed by atoms with Crippen molar-refractivity contribution < 1.29 is 4.39 Å². The monoisotopic (exact) mass is 231 g/mol. The van der Waals surface area contributed by atoms with E-state index in [9.17, 15) is 4.39 Å². The molecule has 0 fully saturated rings. The van der Waals surface area contributed by atoms with Crippen molar-refractivity contribution in [3.63, 3.8) is 0 Å². The molecule has 1 aromatic carbocycles. The Hall–Kier alpha value is -1.68. The molecule has 1 N–H and O–H groups in total. The van der Waals surface area contributed by atoms with E-state index >= 15 is 0 Å². The molecule has 1 aromatic heterocycles. The Morgan fingerprint density at radius 1 is 1.41 bits per heavy atom. The molecular formula is C13H14FN3. The molecular weight excluding hydrogens is 217 g/mol. The van der Waals surface area contributed by atoms with Crippen molar-refractivity contribution in [1.29, 1.82) is 0 Å². The van der Waals surface area contributed by atoms with E-state index < -0.39 is 0 Å². The third-order valence-electron chi connectivity index (χ3n) is 3.28. The standard InChI is InChI=1S/C13H14FN3/c1-9-10(3-2-4-11(9)14)12-7-16-13-8-15-5-6-17(12)13/h2-4,7,15H,5-6,8H2,1H3. The highest BCUT2D eigenvalue weighted by Gasteiger charge is 2.16. The quantitative estimate of drug-likeness (QED) is 0.814. The third-order valence-corrected chi connectivity index (χ3v) is 3.28. The summed E-state index contributed by atoms with van der Waals surface area (Å²) in [5, 5.41) is 3.27. The number of hydrogen-bond acceptors (Lipinski definition) is 2. The fraction of sp³-hybridized carbons (Fsp3) is 0.308. The topological polar surface area (TPSA) is 29.9 Å². The van der Waals surface area contributed by atoms with Crippen molar-refractivity contribution in [2.45, 2.75) is 20.0 Å². The highest BCUT2D eigenvalue weighted by Crippen LogP contribution is 2.26. The van der Waals surface area contributed by atoms with E-state index in [0.717, 1.165) is 36.7 Å². The lowest BCUT2D eigenvalue weighted by molar-refractivity contribution is 0.508. The summed E-state index contributed by atoms with van der Waals surface area (Å²) in [6.45, 7) is 4.42. The highest BCUT2D eigenvalue weighted by atomic mass is 19.1. The van der Waals surface area contributed by atoms with Gasteiger partial charge in [-0.1, -0.05) is 12.1 Å². The number of aromatic nitrogens is 2. The normalized spacial score (nSPS) is 14.7. The Bertz CT molecular complexity index is 560. The third kappa shape index (κ3) is 1.65. The molecule has 0 spiro atoms. The van der Waals surface area contributed by atoms with Gasteiger partial charge in [0.05, 0.1) is 18.4 Å². The first-order chi connectivity index (χ1) is 8.27. The zero-order valence-corrected chi connectivity index (χ0v) is 9.70. The minimum atomic E-state index is -0.160. The summed E-state index contributed by atoms with van der Waals surface area (Å²) in [7, 11) is 0. The molecule has 2 heterocycles. The van der Waals surface area contributed by atoms with Crippen molar-refractivity contribution in [2.24, 2.45) is 0 Å². The lowest BCUT2D eigenvalue weighted by Gasteiger charge is -2.18. The summed E-state index contributed by atoms with van der Waals surface area (Å²) in [5.41, 5.74) is 2.64. The van der Waals surface area contributed by atoms with Gasteiger partial charge < -0.3 is 9.88 Å². The second-order valence-electron chi connectivity index (χ2n) is 4.30. The van der Waals surface area contributed by atoms with E-state index in [1.165, 1.54) is 6.07 Å². The molecule has 88 valence electrons. The number of hydrogen-bond donors (Lipinski definition) is 1. The maximum atomic E-state index is 13.6. The van der Waals surface area contributed by atoms with Crippen LogP contribution in [-0.2, 0) is 13.1 Å². The van der Waals surface area contributed by atoms with Crippen molar-refractivity contribution in [1.82, 2.24) is 14.9 Å². The zero-order chi connectivity index (χ0) is 11.8. The van der Waals surface area contributed by atoms with Gasteiger partial charge in [-0.25, -0.2) is 9.37 Å². The number of imidazole rings is 1. The summed E-state index contributed by atoms with van der Waals surface area (Å²) in [4.78, 5) is 4.38. The number of nitrogens with one attached hydrogen (secondary N) is 1. The molecule has 4 heteroatoms. The van der Waals surface area contributed by atoms with Crippen LogP contribution in [0.5, 0.6) is 0 Å². The highest BCUT2D eigenvalue weighted by molar-refractivity contribution is 5.64. The van der Waals surface area contributed by atoms with Gasteiger partial charge in [0, 0.05) is 18.7 Å². The summed E-state index contributed by atoms with van der Waals surface area (Å²) in [5.74, 6) is 0.863. The van der Waals surface area contributed by atoms with Gasteiger partial charge in [-0.2, -0.15) is 0 Å². The van der Waals surface area contributed by atoms with E-state index in [4.69, 9.17) is 0 Å². The molecule has 0 radical (unpaired) electrons. The predicted molar refractivity (Wildman–Crippen MR) is 64.1 cm³/mol. The van der Waals surface area contributed by atoms with Gasteiger partial charge in [0.2, 0.25) is 0 Å². The van der Waals surface area contributed by atoms with Gasteiger partial charge in [-0.15, -0.1) is 0 Å². The number of rotatable bonds is 1. The Morgan fingerprint density at radius 3 is 3.18 bits per heavy atom. The molecule has 0 bridgehead atoms. The summed E-state index contributed by atoms with van der Waals surface area (Å²) >= 11 is 0. The average molecular weight is 231 g/mol. The van der Waals surface area contributed by atoms with Crippen molar-refractivity contribution >= 4 is 0 Å². The molecule has 1 aliphatic rings. The van der Waals surface area contributed by atoms with Gasteiger partial charge >= 0.3 is 0 Å². The fourth-order valence-corrected chi connectivity index (χ4v) is 2.30. The number of fused-ring (bicyclic) bond motifs is 1. The molecule has 0 atom stereocenters. The maximum absolute atomic E-state index is 13.6. The number of benzene rings is 1. The van der Waals surface area contributed by atoms with Crippen molar-refractivity contribution in [3.05, 3.63) is 41.6 Å². The van der Waals surface area contributed by atoms with E-state index in [-0.39, 0.29) is 5.82 Å². The van der Waals surface area contributed by atoms with Gasteiger partial charge in [0.25, 0.3) is 0 Å².